The van der Waals surface area contributed by atoms with Crippen molar-refractivity contribution in [1.29, 1.82) is 0 Å². The van der Waals surface area contributed by atoms with E-state index < -0.39 is 12.0 Å². The van der Waals surface area contributed by atoms with Crippen LogP contribution in [0.5, 0.6) is 23.0 Å². The number of primary amides is 1. The fourth-order valence-electron chi connectivity index (χ4n) is 3.16. The first-order valence-electron chi connectivity index (χ1n) is 9.83. The summed E-state index contributed by atoms with van der Waals surface area (Å²) in [4.78, 5) is 28.3. The van der Waals surface area contributed by atoms with Gasteiger partial charge in [0.2, 0.25) is 0 Å². The number of carbonyl (C=O) groups is 2. The molecule has 1 heterocycles. The van der Waals surface area contributed by atoms with Crippen molar-refractivity contribution in [3.05, 3.63) is 82.5 Å². The van der Waals surface area contributed by atoms with Crippen molar-refractivity contribution in [3.63, 3.8) is 0 Å². The van der Waals surface area contributed by atoms with Crippen LogP contribution in [-0.4, -0.2) is 24.1 Å². The molecule has 0 aliphatic rings. The van der Waals surface area contributed by atoms with Crippen LogP contribution in [0.25, 0.3) is 10.9 Å². The van der Waals surface area contributed by atoms with Crippen molar-refractivity contribution < 1.29 is 23.8 Å². The molecule has 4 aromatic rings. The van der Waals surface area contributed by atoms with Gasteiger partial charge >= 0.3 is 6.09 Å². The molecule has 172 valence electrons. The number of nitrogens with zero attached hydrogens (tertiary/aromatic N) is 1. The number of hydrogen-bond acceptors (Lipinski definition) is 6. The molecule has 0 spiro atoms. The van der Waals surface area contributed by atoms with Gasteiger partial charge < -0.3 is 19.9 Å². The lowest BCUT2D eigenvalue weighted by Gasteiger charge is -2.14. The maximum atomic E-state index is 12.2. The lowest BCUT2D eigenvalue weighted by atomic mass is 10.1. The molecule has 10 heteroatoms. The summed E-state index contributed by atoms with van der Waals surface area (Å²) in [5.41, 5.74) is 6.40. The van der Waals surface area contributed by atoms with Gasteiger partial charge in [0.25, 0.3) is 5.91 Å². The Morgan fingerprint density at radius 3 is 2.41 bits per heavy atom. The normalized spacial score (nSPS) is 10.6. The predicted octanol–water partition coefficient (Wildman–Crippen LogP) is 6.05. The fraction of sp³-hybridized carbons (Fsp3) is 0.0417. The number of fused-ring (bicyclic) bond motifs is 1. The molecule has 0 radical (unpaired) electrons. The number of pyridine rings is 1. The number of benzene rings is 3. The molecule has 0 saturated carbocycles. The molecule has 0 atom stereocenters. The number of methoxy groups -OCH3 is 1. The molecule has 0 unspecified atom stereocenters. The summed E-state index contributed by atoms with van der Waals surface area (Å²) in [5.74, 6) is 0.588. The zero-order valence-electron chi connectivity index (χ0n) is 17.7. The number of ether oxygens (including phenoxy) is 3. The van der Waals surface area contributed by atoms with Crippen molar-refractivity contribution in [1.82, 2.24) is 4.98 Å². The summed E-state index contributed by atoms with van der Waals surface area (Å²) in [6.07, 6.45) is 0.803. The van der Waals surface area contributed by atoms with Gasteiger partial charge in [-0.15, -0.1) is 0 Å². The zero-order chi connectivity index (χ0) is 24.2. The van der Waals surface area contributed by atoms with Crippen LogP contribution in [0.15, 0.2) is 66.9 Å². The lowest BCUT2D eigenvalue weighted by Crippen LogP contribution is -2.17. The Morgan fingerprint density at radius 1 is 0.941 bits per heavy atom. The molecule has 0 saturated heterocycles. The van der Waals surface area contributed by atoms with Gasteiger partial charge in [-0.2, -0.15) is 0 Å². The summed E-state index contributed by atoms with van der Waals surface area (Å²) in [7, 11) is 1.43. The number of rotatable bonds is 6. The van der Waals surface area contributed by atoms with Gasteiger partial charge in [0, 0.05) is 17.6 Å². The SMILES string of the molecule is COc1cc2nccc(Oc3ccc(NC(=O)Oc4ccccc4)c(Cl)c3Cl)c2cc1C(N)=O. The number of nitrogens with one attached hydrogen (secondary N) is 1. The van der Waals surface area contributed by atoms with Crippen LogP contribution in [0.2, 0.25) is 10.0 Å². The standard InChI is InChI=1S/C24H17Cl2N3O5/c1-32-20-12-17-14(11-15(20)23(27)30)18(9-10-28-17)34-19-8-7-16(21(25)22(19)26)29-24(31)33-13-5-3-2-4-6-13/h2-12H,1H3,(H2,27,30)(H,29,31). The van der Waals surface area contributed by atoms with Gasteiger partial charge in [-0.05, 0) is 36.4 Å². The molecular formula is C24H17Cl2N3O5. The van der Waals surface area contributed by atoms with E-state index in [1.807, 2.05) is 0 Å². The Kier molecular flexibility index (Phi) is 6.72. The Hall–Kier alpha value is -4.01. The Morgan fingerprint density at radius 2 is 1.71 bits per heavy atom. The number of hydrogen-bond donors (Lipinski definition) is 2. The maximum absolute atomic E-state index is 12.2. The molecular weight excluding hydrogens is 481 g/mol. The Bertz CT molecular complexity index is 1400. The first-order chi connectivity index (χ1) is 16.4. The zero-order valence-corrected chi connectivity index (χ0v) is 19.2. The third-order valence-electron chi connectivity index (χ3n) is 4.75. The second kappa shape index (κ2) is 9.86. The predicted molar refractivity (Wildman–Crippen MR) is 129 cm³/mol. The van der Waals surface area contributed by atoms with Gasteiger partial charge in [0.1, 0.15) is 28.0 Å². The van der Waals surface area contributed by atoms with Crippen LogP contribution in [0, 0.1) is 0 Å². The maximum Gasteiger partial charge on any atom is 0.417 e. The number of carbonyl (C=O) groups excluding carboxylic acids is 2. The second-order valence-electron chi connectivity index (χ2n) is 6.91. The van der Waals surface area contributed by atoms with E-state index in [-0.39, 0.29) is 27.0 Å². The highest BCUT2D eigenvalue weighted by molar-refractivity contribution is 6.44. The van der Waals surface area contributed by atoms with Crippen LogP contribution >= 0.6 is 23.2 Å². The minimum absolute atomic E-state index is 0.0574. The number of aromatic nitrogens is 1. The van der Waals surface area contributed by atoms with Crippen molar-refractivity contribution in [2.45, 2.75) is 0 Å². The number of nitrogens with two attached hydrogens (primary N) is 1. The molecule has 0 aliphatic carbocycles. The average molecular weight is 498 g/mol. The van der Waals surface area contributed by atoms with Gasteiger partial charge in [-0.1, -0.05) is 41.4 Å². The molecule has 1 aromatic heterocycles. The van der Waals surface area contributed by atoms with E-state index in [4.69, 9.17) is 43.1 Å². The van der Waals surface area contributed by atoms with Crippen LogP contribution in [0.1, 0.15) is 10.4 Å². The molecule has 3 aromatic carbocycles. The Balaban J connectivity index is 1.61. The van der Waals surface area contributed by atoms with Crippen LogP contribution in [0.3, 0.4) is 0 Å². The summed E-state index contributed by atoms with van der Waals surface area (Å²) >= 11 is 12.8. The average Bonchev–Trinajstić information content (AvgIpc) is 2.83. The van der Waals surface area contributed by atoms with E-state index in [2.05, 4.69) is 10.3 Å². The fourth-order valence-corrected chi connectivity index (χ4v) is 3.56. The smallest absolute Gasteiger partial charge is 0.417 e. The number of amides is 2. The number of anilines is 1. The van der Waals surface area contributed by atoms with Gasteiger partial charge in [0.15, 0.2) is 0 Å². The topological polar surface area (TPSA) is 113 Å². The van der Waals surface area contributed by atoms with Crippen molar-refractivity contribution in [2.24, 2.45) is 5.73 Å². The molecule has 4 rings (SSSR count). The minimum Gasteiger partial charge on any atom is -0.496 e. The molecule has 3 N–H and O–H groups in total. The summed E-state index contributed by atoms with van der Waals surface area (Å²) in [5, 5.41) is 3.18. The minimum atomic E-state index is -0.731. The summed E-state index contributed by atoms with van der Waals surface area (Å²) in [6.45, 7) is 0. The molecule has 2 amide bonds. The molecule has 34 heavy (non-hydrogen) atoms. The third-order valence-corrected chi connectivity index (χ3v) is 5.61. The summed E-state index contributed by atoms with van der Waals surface area (Å²) in [6, 6.07) is 16.4. The first-order valence-corrected chi connectivity index (χ1v) is 10.6. The van der Waals surface area contributed by atoms with Gasteiger partial charge in [0.05, 0.1) is 28.9 Å². The van der Waals surface area contributed by atoms with Gasteiger partial charge in [-0.25, -0.2) is 4.79 Å². The van der Waals surface area contributed by atoms with Crippen LogP contribution < -0.4 is 25.3 Å². The molecule has 0 bridgehead atoms. The Labute approximate surface area is 204 Å². The van der Waals surface area contributed by atoms with Crippen LogP contribution in [-0.2, 0) is 0 Å². The van der Waals surface area contributed by atoms with Crippen LogP contribution in [0.4, 0.5) is 10.5 Å². The second-order valence-corrected chi connectivity index (χ2v) is 7.67. The van der Waals surface area contributed by atoms with E-state index in [1.54, 1.807) is 42.5 Å². The molecule has 8 nitrogen and oxygen atoms in total. The van der Waals surface area contributed by atoms with E-state index in [9.17, 15) is 9.59 Å². The van der Waals surface area contributed by atoms with Gasteiger partial charge in [-0.3, -0.25) is 15.1 Å². The van der Waals surface area contributed by atoms with Crippen molar-refractivity contribution >= 4 is 51.8 Å². The third kappa shape index (κ3) is 4.83. The quantitative estimate of drug-likeness (QED) is 0.335. The van der Waals surface area contributed by atoms with E-state index in [1.165, 1.54) is 31.5 Å². The highest BCUT2D eigenvalue weighted by Gasteiger charge is 2.18. The summed E-state index contributed by atoms with van der Waals surface area (Å²) < 4.78 is 16.4. The van der Waals surface area contributed by atoms with Crippen molar-refractivity contribution in [2.75, 3.05) is 12.4 Å². The number of halogens is 2. The largest absolute Gasteiger partial charge is 0.496 e. The molecule has 0 fully saturated rings. The highest BCUT2D eigenvalue weighted by Crippen LogP contribution is 2.41. The molecule has 0 aliphatic heterocycles. The monoisotopic (exact) mass is 497 g/mol. The van der Waals surface area contributed by atoms with E-state index in [0.717, 1.165) is 0 Å². The van der Waals surface area contributed by atoms with E-state index >= 15 is 0 Å². The first kappa shape index (κ1) is 23.2. The van der Waals surface area contributed by atoms with Crippen molar-refractivity contribution in [3.8, 4) is 23.0 Å². The highest BCUT2D eigenvalue weighted by atomic mass is 35.5. The lowest BCUT2D eigenvalue weighted by molar-refractivity contribution is 0.0997. The number of para-hydroxylation sites is 1. The van der Waals surface area contributed by atoms with E-state index in [0.29, 0.717) is 28.2 Å².